The molecular formula is C23H28N6O3. The first-order chi connectivity index (χ1) is 15.5. The summed E-state index contributed by atoms with van der Waals surface area (Å²) in [4.78, 5) is 28.6. The number of aromatic amines is 1. The number of morpholine rings is 1. The van der Waals surface area contributed by atoms with E-state index in [0.29, 0.717) is 10.9 Å². The summed E-state index contributed by atoms with van der Waals surface area (Å²) < 4.78 is 5.38. The Morgan fingerprint density at radius 3 is 2.59 bits per heavy atom. The van der Waals surface area contributed by atoms with Crippen molar-refractivity contribution in [3.05, 3.63) is 53.6 Å². The summed E-state index contributed by atoms with van der Waals surface area (Å²) in [6, 6.07) is 13.2. The Morgan fingerprint density at radius 2 is 1.84 bits per heavy atom. The fraction of sp³-hybridized carbons (Fsp3) is 0.304. The molecule has 9 nitrogen and oxygen atoms in total. The molecule has 168 valence electrons. The average molecular weight is 437 g/mol. The van der Waals surface area contributed by atoms with Crippen LogP contribution in [0.15, 0.2) is 42.5 Å². The van der Waals surface area contributed by atoms with Crippen molar-refractivity contribution in [2.24, 2.45) is 11.5 Å². The van der Waals surface area contributed by atoms with Crippen LogP contribution in [-0.2, 0) is 11.3 Å². The summed E-state index contributed by atoms with van der Waals surface area (Å²) >= 11 is 0. The van der Waals surface area contributed by atoms with Gasteiger partial charge in [0.1, 0.15) is 5.82 Å². The van der Waals surface area contributed by atoms with Gasteiger partial charge in [0, 0.05) is 43.6 Å². The van der Waals surface area contributed by atoms with Gasteiger partial charge in [0.05, 0.1) is 18.8 Å². The summed E-state index contributed by atoms with van der Waals surface area (Å²) in [7, 11) is 0. The van der Waals surface area contributed by atoms with E-state index in [-0.39, 0.29) is 11.4 Å². The molecule has 7 N–H and O–H groups in total. The zero-order chi connectivity index (χ0) is 22.5. The number of hydrogen-bond acceptors (Lipinski definition) is 5. The van der Waals surface area contributed by atoms with Gasteiger partial charge in [-0.3, -0.25) is 15.0 Å². The number of H-pyrrole nitrogens is 1. The van der Waals surface area contributed by atoms with E-state index in [2.05, 4.69) is 32.7 Å². The lowest BCUT2D eigenvalue weighted by Gasteiger charge is -2.26. The summed E-state index contributed by atoms with van der Waals surface area (Å²) in [5.41, 5.74) is 14.8. The van der Waals surface area contributed by atoms with E-state index in [9.17, 15) is 9.59 Å². The molecule has 3 amide bonds. The number of fused-ring (bicyclic) bond motifs is 1. The van der Waals surface area contributed by atoms with Crippen molar-refractivity contribution in [3.63, 3.8) is 0 Å². The molecule has 0 aliphatic carbocycles. The second-order valence-electron chi connectivity index (χ2n) is 7.82. The van der Waals surface area contributed by atoms with Crippen molar-refractivity contribution in [1.82, 2.24) is 15.2 Å². The van der Waals surface area contributed by atoms with E-state index < -0.39 is 11.9 Å². The van der Waals surface area contributed by atoms with Crippen LogP contribution in [0.5, 0.6) is 0 Å². The molecule has 4 rings (SSSR count). The summed E-state index contributed by atoms with van der Waals surface area (Å²) in [5, 5.41) is 6.57. The van der Waals surface area contributed by atoms with Gasteiger partial charge in [-0.15, -0.1) is 0 Å². The number of rotatable bonds is 8. The monoisotopic (exact) mass is 436 g/mol. The number of carbonyl (C=O) groups is 2. The first kappa shape index (κ1) is 21.8. The third-order valence-corrected chi connectivity index (χ3v) is 5.59. The number of nitrogens with zero attached hydrogens (tertiary/aromatic N) is 1. The number of benzene rings is 2. The van der Waals surface area contributed by atoms with Crippen LogP contribution in [0, 0.1) is 0 Å². The molecule has 3 aromatic rings. The van der Waals surface area contributed by atoms with E-state index in [0.717, 1.165) is 57.1 Å². The lowest BCUT2D eigenvalue weighted by molar-refractivity contribution is 0.0384. The highest BCUT2D eigenvalue weighted by atomic mass is 16.5. The first-order valence-electron chi connectivity index (χ1n) is 10.6. The number of anilines is 1. The van der Waals surface area contributed by atoms with Gasteiger partial charge in [0.25, 0.3) is 5.91 Å². The molecule has 9 heteroatoms. The predicted molar refractivity (Wildman–Crippen MR) is 124 cm³/mol. The number of primary amides is 2. The van der Waals surface area contributed by atoms with Crippen LogP contribution < -0.4 is 22.1 Å². The Labute approximate surface area is 186 Å². The minimum absolute atomic E-state index is 0.204. The van der Waals surface area contributed by atoms with E-state index in [1.807, 2.05) is 30.3 Å². The molecular weight excluding hydrogens is 408 g/mol. The van der Waals surface area contributed by atoms with Crippen molar-refractivity contribution >= 4 is 28.7 Å². The standard InChI is InChI=1S/C23H28N6O3/c24-21(30)20-18-5-4-17(13-19(18)27-22(20)28-23(25)31)16-3-1-2-15(12-16)14-26-6-7-29-8-10-32-11-9-29/h1-5,12-13,26-27H,6-11,14H2,(H2,24,30)(H3,25,28,31). The number of carbonyl (C=O) groups excluding carboxylic acids is 2. The number of nitrogens with one attached hydrogen (secondary N) is 3. The van der Waals surface area contributed by atoms with Crippen molar-refractivity contribution in [3.8, 4) is 11.1 Å². The number of ether oxygens (including phenoxy) is 1. The molecule has 1 saturated heterocycles. The SMILES string of the molecule is NC(=O)Nc1[nH]c2cc(-c3cccc(CNCCN4CCOCC4)c3)ccc2c1C(N)=O. The highest BCUT2D eigenvalue weighted by Gasteiger charge is 2.18. The number of aromatic nitrogens is 1. The predicted octanol–water partition coefficient (Wildman–Crippen LogP) is 1.85. The molecule has 0 saturated carbocycles. The van der Waals surface area contributed by atoms with Gasteiger partial charge >= 0.3 is 6.03 Å². The molecule has 0 atom stereocenters. The molecule has 1 aliphatic rings. The van der Waals surface area contributed by atoms with E-state index in [1.165, 1.54) is 5.56 Å². The quantitative estimate of drug-likeness (QED) is 0.343. The second-order valence-corrected chi connectivity index (χ2v) is 7.82. The fourth-order valence-electron chi connectivity index (χ4n) is 4.01. The van der Waals surface area contributed by atoms with Crippen LogP contribution in [-0.4, -0.2) is 61.2 Å². The molecule has 0 unspecified atom stereocenters. The smallest absolute Gasteiger partial charge is 0.317 e. The first-order valence-corrected chi connectivity index (χ1v) is 10.6. The minimum Gasteiger partial charge on any atom is -0.379 e. The molecule has 0 bridgehead atoms. The molecule has 1 aromatic heterocycles. The third-order valence-electron chi connectivity index (χ3n) is 5.59. The Bertz CT molecular complexity index is 1120. The van der Waals surface area contributed by atoms with Crippen LogP contribution >= 0.6 is 0 Å². The Balaban J connectivity index is 1.47. The molecule has 2 aromatic carbocycles. The normalized spacial score (nSPS) is 14.5. The Kier molecular flexibility index (Phi) is 6.69. The lowest BCUT2D eigenvalue weighted by Crippen LogP contribution is -2.40. The third kappa shape index (κ3) is 5.08. The zero-order valence-electron chi connectivity index (χ0n) is 17.8. The summed E-state index contributed by atoms with van der Waals surface area (Å²) in [6.07, 6.45) is 0. The van der Waals surface area contributed by atoms with Crippen LogP contribution in [0.3, 0.4) is 0 Å². The molecule has 0 spiro atoms. The molecule has 32 heavy (non-hydrogen) atoms. The van der Waals surface area contributed by atoms with Crippen molar-refractivity contribution in [2.75, 3.05) is 44.7 Å². The van der Waals surface area contributed by atoms with Gasteiger partial charge in [-0.25, -0.2) is 4.79 Å². The van der Waals surface area contributed by atoms with E-state index in [1.54, 1.807) is 0 Å². The lowest BCUT2D eigenvalue weighted by atomic mass is 10.0. The average Bonchev–Trinajstić information content (AvgIpc) is 3.14. The van der Waals surface area contributed by atoms with E-state index in [4.69, 9.17) is 16.2 Å². The summed E-state index contributed by atoms with van der Waals surface area (Å²) in [6.45, 7) is 6.32. The van der Waals surface area contributed by atoms with Crippen LogP contribution in [0.1, 0.15) is 15.9 Å². The number of urea groups is 1. The van der Waals surface area contributed by atoms with Gasteiger partial charge in [0.15, 0.2) is 0 Å². The topological polar surface area (TPSA) is 138 Å². The van der Waals surface area contributed by atoms with Gasteiger partial charge < -0.3 is 26.5 Å². The number of hydrogen-bond donors (Lipinski definition) is 5. The van der Waals surface area contributed by atoms with Crippen LogP contribution in [0.4, 0.5) is 10.6 Å². The van der Waals surface area contributed by atoms with Crippen LogP contribution in [0.2, 0.25) is 0 Å². The fourth-order valence-corrected chi connectivity index (χ4v) is 4.01. The van der Waals surface area contributed by atoms with Gasteiger partial charge in [-0.05, 0) is 28.8 Å². The van der Waals surface area contributed by atoms with Crippen molar-refractivity contribution < 1.29 is 14.3 Å². The summed E-state index contributed by atoms with van der Waals surface area (Å²) in [5.74, 6) is -0.437. The highest BCUT2D eigenvalue weighted by molar-refractivity contribution is 6.13. The highest BCUT2D eigenvalue weighted by Crippen LogP contribution is 2.30. The zero-order valence-corrected chi connectivity index (χ0v) is 17.8. The van der Waals surface area contributed by atoms with Crippen LogP contribution in [0.25, 0.3) is 22.0 Å². The maximum absolute atomic E-state index is 11.9. The number of nitrogens with two attached hydrogens (primary N) is 2. The molecule has 2 heterocycles. The Morgan fingerprint density at radius 1 is 1.06 bits per heavy atom. The van der Waals surface area contributed by atoms with Crippen molar-refractivity contribution in [2.45, 2.75) is 6.54 Å². The van der Waals surface area contributed by atoms with E-state index >= 15 is 0 Å². The largest absolute Gasteiger partial charge is 0.379 e. The van der Waals surface area contributed by atoms with Crippen molar-refractivity contribution in [1.29, 1.82) is 0 Å². The molecule has 1 aliphatic heterocycles. The second kappa shape index (κ2) is 9.82. The maximum Gasteiger partial charge on any atom is 0.317 e. The minimum atomic E-state index is -0.770. The Hall–Kier alpha value is -3.40. The number of amides is 3. The molecule has 1 fully saturated rings. The molecule has 0 radical (unpaired) electrons. The van der Waals surface area contributed by atoms with Gasteiger partial charge in [0.2, 0.25) is 0 Å². The maximum atomic E-state index is 11.9. The van der Waals surface area contributed by atoms with Gasteiger partial charge in [-0.2, -0.15) is 0 Å². The van der Waals surface area contributed by atoms with Gasteiger partial charge in [-0.1, -0.05) is 30.3 Å².